The highest BCUT2D eigenvalue weighted by Gasteiger charge is 2.27. The number of hydrogen-bond acceptors (Lipinski definition) is 5. The molecule has 1 aromatic heterocycles. The first-order valence-electron chi connectivity index (χ1n) is 8.96. The van der Waals surface area contributed by atoms with Gasteiger partial charge in [-0.3, -0.25) is 9.89 Å². The fraction of sp³-hybridized carbons (Fsp3) is 0.250. The van der Waals surface area contributed by atoms with Gasteiger partial charge in [-0.15, -0.1) is 0 Å². The molecule has 0 radical (unpaired) electrons. The molecule has 1 fully saturated rings. The molecule has 0 unspecified atom stereocenters. The molecule has 1 aliphatic carbocycles. The van der Waals surface area contributed by atoms with Crippen LogP contribution in [0.5, 0.6) is 0 Å². The number of benzene rings is 2. The molecule has 0 bridgehead atoms. The van der Waals surface area contributed by atoms with Crippen molar-refractivity contribution in [3.05, 3.63) is 59.4 Å². The van der Waals surface area contributed by atoms with Gasteiger partial charge in [-0.2, -0.15) is 5.10 Å². The number of amides is 1. The molecule has 28 heavy (non-hydrogen) atoms. The number of nitrogens with one attached hydrogen (secondary N) is 2. The number of rotatable bonds is 5. The summed E-state index contributed by atoms with van der Waals surface area (Å²) in [5.41, 5.74) is 2.40. The Kier molecular flexibility index (Phi) is 4.50. The molecule has 3 aromatic rings. The number of aromatic nitrogens is 3. The van der Waals surface area contributed by atoms with Crippen LogP contribution in [0, 0.1) is 6.92 Å². The molecule has 8 heteroatoms. The van der Waals surface area contributed by atoms with Crippen LogP contribution in [0.1, 0.15) is 40.5 Å². The minimum Gasteiger partial charge on any atom is -0.322 e. The fourth-order valence-corrected chi connectivity index (χ4v) is 3.60. The Morgan fingerprint density at radius 1 is 1.18 bits per heavy atom. The lowest BCUT2D eigenvalue weighted by molar-refractivity contribution is 0.102. The summed E-state index contributed by atoms with van der Waals surface area (Å²) in [6.07, 6.45) is 3.39. The quantitative estimate of drug-likeness (QED) is 0.688. The SMILES string of the molecule is Cc1ccc(S(C)(=O)=O)cc1C(=O)Nc1cccc(-c2n[nH]c(C3CC3)n2)c1. The Bertz CT molecular complexity index is 1160. The second kappa shape index (κ2) is 6.87. The van der Waals surface area contributed by atoms with E-state index < -0.39 is 9.84 Å². The molecule has 2 aromatic carbocycles. The van der Waals surface area contributed by atoms with Gasteiger partial charge in [0.25, 0.3) is 5.91 Å². The van der Waals surface area contributed by atoms with Gasteiger partial charge in [-0.05, 0) is 49.6 Å². The van der Waals surface area contributed by atoms with E-state index in [2.05, 4.69) is 20.5 Å². The van der Waals surface area contributed by atoms with Gasteiger partial charge in [0.15, 0.2) is 15.7 Å². The predicted molar refractivity (Wildman–Crippen MR) is 106 cm³/mol. The first kappa shape index (κ1) is 18.4. The minimum absolute atomic E-state index is 0.116. The summed E-state index contributed by atoms with van der Waals surface area (Å²) in [4.78, 5) is 17.4. The molecule has 0 saturated heterocycles. The lowest BCUT2D eigenvalue weighted by Gasteiger charge is -2.10. The topological polar surface area (TPSA) is 105 Å². The van der Waals surface area contributed by atoms with Crippen molar-refractivity contribution in [2.75, 3.05) is 11.6 Å². The number of H-pyrrole nitrogens is 1. The van der Waals surface area contributed by atoms with E-state index in [9.17, 15) is 13.2 Å². The highest BCUT2D eigenvalue weighted by atomic mass is 32.2. The van der Waals surface area contributed by atoms with Crippen LogP contribution in [-0.4, -0.2) is 35.8 Å². The molecule has 1 heterocycles. The summed E-state index contributed by atoms with van der Waals surface area (Å²) in [7, 11) is -3.39. The number of nitrogens with zero attached hydrogens (tertiary/aromatic N) is 2. The van der Waals surface area contributed by atoms with E-state index >= 15 is 0 Å². The predicted octanol–water partition coefficient (Wildman–Crippen LogP) is 3.31. The van der Waals surface area contributed by atoms with E-state index in [1.165, 1.54) is 12.1 Å². The molecular weight excluding hydrogens is 376 g/mol. The molecule has 0 atom stereocenters. The van der Waals surface area contributed by atoms with Gasteiger partial charge >= 0.3 is 0 Å². The standard InChI is InChI=1S/C20H20N4O3S/c1-12-6-9-16(28(2,26)27)11-17(12)20(25)21-15-5-3-4-14(10-15)19-22-18(23-24-19)13-7-8-13/h3-6,9-11,13H,7-8H2,1-2H3,(H,21,25)(H,22,23,24). The number of carbonyl (C=O) groups is 1. The summed E-state index contributed by atoms with van der Waals surface area (Å²) in [5.74, 6) is 1.61. The molecular formula is C20H20N4O3S. The number of anilines is 1. The first-order chi connectivity index (χ1) is 13.3. The van der Waals surface area contributed by atoms with Crippen LogP contribution in [-0.2, 0) is 9.84 Å². The summed E-state index contributed by atoms with van der Waals surface area (Å²) >= 11 is 0. The van der Waals surface area contributed by atoms with Gasteiger partial charge in [0.05, 0.1) is 4.90 Å². The van der Waals surface area contributed by atoms with Crippen LogP contribution in [0.25, 0.3) is 11.4 Å². The van der Waals surface area contributed by atoms with Crippen LogP contribution in [0.2, 0.25) is 0 Å². The number of hydrogen-bond donors (Lipinski definition) is 2. The molecule has 1 aliphatic rings. The van der Waals surface area contributed by atoms with Crippen LogP contribution in [0.4, 0.5) is 5.69 Å². The number of sulfone groups is 1. The Morgan fingerprint density at radius 2 is 1.96 bits per heavy atom. The summed E-state index contributed by atoms with van der Waals surface area (Å²) in [6, 6.07) is 11.8. The van der Waals surface area contributed by atoms with Crippen molar-refractivity contribution < 1.29 is 13.2 Å². The maximum Gasteiger partial charge on any atom is 0.255 e. The summed E-state index contributed by atoms with van der Waals surface area (Å²) in [6.45, 7) is 1.77. The van der Waals surface area contributed by atoms with Crippen molar-refractivity contribution in [3.8, 4) is 11.4 Å². The molecule has 0 aliphatic heterocycles. The van der Waals surface area contributed by atoms with E-state index in [-0.39, 0.29) is 10.8 Å². The van der Waals surface area contributed by atoms with E-state index in [4.69, 9.17) is 0 Å². The molecule has 2 N–H and O–H groups in total. The van der Waals surface area contributed by atoms with Crippen molar-refractivity contribution >= 4 is 21.4 Å². The summed E-state index contributed by atoms with van der Waals surface area (Å²) in [5, 5.41) is 10.1. The van der Waals surface area contributed by atoms with Crippen molar-refractivity contribution in [1.82, 2.24) is 15.2 Å². The zero-order chi connectivity index (χ0) is 19.9. The third-order valence-electron chi connectivity index (χ3n) is 4.73. The van der Waals surface area contributed by atoms with Gasteiger partial charge in [0.2, 0.25) is 0 Å². The zero-order valence-corrected chi connectivity index (χ0v) is 16.4. The molecule has 144 valence electrons. The lowest BCUT2D eigenvalue weighted by Crippen LogP contribution is -2.14. The van der Waals surface area contributed by atoms with E-state index in [1.54, 1.807) is 25.1 Å². The maximum atomic E-state index is 12.7. The van der Waals surface area contributed by atoms with Gasteiger partial charge in [-0.25, -0.2) is 13.4 Å². The molecule has 7 nitrogen and oxygen atoms in total. The van der Waals surface area contributed by atoms with Crippen molar-refractivity contribution in [1.29, 1.82) is 0 Å². The Labute approximate surface area is 163 Å². The van der Waals surface area contributed by atoms with Crippen LogP contribution < -0.4 is 5.32 Å². The zero-order valence-electron chi connectivity index (χ0n) is 15.6. The van der Waals surface area contributed by atoms with Gasteiger partial charge in [0.1, 0.15) is 5.82 Å². The Morgan fingerprint density at radius 3 is 2.68 bits per heavy atom. The largest absolute Gasteiger partial charge is 0.322 e. The normalized spacial score (nSPS) is 14.1. The fourth-order valence-electron chi connectivity index (χ4n) is 2.95. The van der Waals surface area contributed by atoms with Crippen LogP contribution in [0.15, 0.2) is 47.4 Å². The average molecular weight is 396 g/mol. The van der Waals surface area contributed by atoms with Crippen LogP contribution >= 0.6 is 0 Å². The van der Waals surface area contributed by atoms with E-state index in [0.717, 1.165) is 30.5 Å². The van der Waals surface area contributed by atoms with Crippen molar-refractivity contribution in [2.24, 2.45) is 0 Å². The van der Waals surface area contributed by atoms with E-state index in [0.29, 0.717) is 28.6 Å². The molecule has 0 spiro atoms. The molecule has 1 amide bonds. The first-order valence-corrected chi connectivity index (χ1v) is 10.9. The average Bonchev–Trinajstić information content (AvgIpc) is 3.38. The third-order valence-corrected chi connectivity index (χ3v) is 5.84. The van der Waals surface area contributed by atoms with Gasteiger partial charge < -0.3 is 5.32 Å². The number of carbonyl (C=O) groups excluding carboxylic acids is 1. The Hall–Kier alpha value is -3.00. The lowest BCUT2D eigenvalue weighted by atomic mass is 10.1. The second-order valence-corrected chi connectivity index (χ2v) is 9.12. The smallest absolute Gasteiger partial charge is 0.255 e. The minimum atomic E-state index is -3.39. The second-order valence-electron chi connectivity index (χ2n) is 7.10. The molecule has 1 saturated carbocycles. The Balaban J connectivity index is 1.58. The van der Waals surface area contributed by atoms with E-state index in [1.807, 2.05) is 12.1 Å². The van der Waals surface area contributed by atoms with Crippen molar-refractivity contribution in [3.63, 3.8) is 0 Å². The maximum absolute atomic E-state index is 12.7. The monoisotopic (exact) mass is 396 g/mol. The highest BCUT2D eigenvalue weighted by molar-refractivity contribution is 7.90. The van der Waals surface area contributed by atoms with Crippen LogP contribution in [0.3, 0.4) is 0 Å². The number of aromatic amines is 1. The van der Waals surface area contributed by atoms with Gasteiger partial charge in [-0.1, -0.05) is 18.2 Å². The molecule has 4 rings (SSSR count). The van der Waals surface area contributed by atoms with Crippen molar-refractivity contribution in [2.45, 2.75) is 30.6 Å². The number of aryl methyl sites for hydroxylation is 1. The summed E-state index contributed by atoms with van der Waals surface area (Å²) < 4.78 is 23.6. The van der Waals surface area contributed by atoms with Gasteiger partial charge in [0, 0.05) is 29.0 Å². The third kappa shape index (κ3) is 3.82. The highest BCUT2D eigenvalue weighted by Crippen LogP contribution is 2.38.